The summed E-state index contributed by atoms with van der Waals surface area (Å²) in [5.74, 6) is -0.716. The van der Waals surface area contributed by atoms with Crippen LogP contribution in [0.15, 0.2) is 18.2 Å². The van der Waals surface area contributed by atoms with Gasteiger partial charge in [-0.3, -0.25) is 4.79 Å². The van der Waals surface area contributed by atoms with Crippen LogP contribution in [0.4, 0.5) is 10.1 Å². The average Bonchev–Trinajstić information content (AvgIpc) is 2.44. The zero-order chi connectivity index (χ0) is 15.0. The first kappa shape index (κ1) is 16.4. The van der Waals surface area contributed by atoms with E-state index in [9.17, 15) is 9.18 Å². The van der Waals surface area contributed by atoms with Crippen molar-refractivity contribution in [1.29, 1.82) is 0 Å². The number of hydrogen-bond acceptors (Lipinski definition) is 4. The van der Waals surface area contributed by atoms with Gasteiger partial charge in [0.15, 0.2) is 0 Å². The molecular weight excluding hydrogens is 261 g/mol. The number of hydrogen-bond donors (Lipinski definition) is 2. The molecule has 0 bridgehead atoms. The molecule has 0 fully saturated rings. The number of amides is 1. The summed E-state index contributed by atoms with van der Waals surface area (Å²) >= 11 is 0. The van der Waals surface area contributed by atoms with Crippen LogP contribution in [0.5, 0.6) is 0 Å². The fraction of sp³-hybridized carbons (Fsp3) is 0.500. The largest absolute Gasteiger partial charge is 0.385 e. The molecule has 0 spiro atoms. The minimum absolute atomic E-state index is 0.220. The van der Waals surface area contributed by atoms with Crippen LogP contribution in [0, 0.1) is 5.82 Å². The summed E-state index contributed by atoms with van der Waals surface area (Å²) in [5.41, 5.74) is 0.532. The monoisotopic (exact) mass is 283 g/mol. The fourth-order valence-corrected chi connectivity index (χ4v) is 1.78. The number of anilines is 1. The summed E-state index contributed by atoms with van der Waals surface area (Å²) in [7, 11) is 5.19. The van der Waals surface area contributed by atoms with Gasteiger partial charge in [-0.2, -0.15) is 0 Å². The normalized spacial score (nSPS) is 10.7. The molecule has 0 saturated carbocycles. The summed E-state index contributed by atoms with van der Waals surface area (Å²) in [6.07, 6.45) is 0. The number of para-hydroxylation sites is 1. The number of carbonyl (C=O) groups is 1. The summed E-state index contributed by atoms with van der Waals surface area (Å²) in [6, 6.07) is 4.44. The Balaban J connectivity index is 2.49. The van der Waals surface area contributed by atoms with E-state index in [0.717, 1.165) is 6.54 Å². The van der Waals surface area contributed by atoms with Crippen LogP contribution in [-0.4, -0.2) is 58.3 Å². The fourth-order valence-electron chi connectivity index (χ4n) is 1.78. The Morgan fingerprint density at radius 2 is 2.15 bits per heavy atom. The highest BCUT2D eigenvalue weighted by molar-refractivity contribution is 5.99. The van der Waals surface area contributed by atoms with Crippen LogP contribution in [0.2, 0.25) is 0 Å². The van der Waals surface area contributed by atoms with Gasteiger partial charge in [-0.1, -0.05) is 6.07 Å². The highest BCUT2D eigenvalue weighted by atomic mass is 19.1. The lowest BCUT2D eigenvalue weighted by atomic mass is 10.1. The van der Waals surface area contributed by atoms with Crippen molar-refractivity contribution in [1.82, 2.24) is 10.2 Å². The SMILES string of the molecule is CNc1c(F)cccc1C(=O)NCCN(C)CCOC. The lowest BCUT2D eigenvalue weighted by Crippen LogP contribution is -2.34. The topological polar surface area (TPSA) is 53.6 Å². The number of likely N-dealkylation sites (N-methyl/N-ethyl adjacent to an activating group) is 1. The zero-order valence-electron chi connectivity index (χ0n) is 12.2. The molecule has 1 amide bonds. The third-order valence-corrected chi connectivity index (χ3v) is 2.96. The maximum atomic E-state index is 13.5. The van der Waals surface area contributed by atoms with Crippen LogP contribution in [-0.2, 0) is 4.74 Å². The lowest BCUT2D eigenvalue weighted by Gasteiger charge is -2.16. The van der Waals surface area contributed by atoms with Gasteiger partial charge in [-0.25, -0.2) is 4.39 Å². The number of benzene rings is 1. The minimum Gasteiger partial charge on any atom is -0.385 e. The number of nitrogens with one attached hydrogen (secondary N) is 2. The van der Waals surface area contributed by atoms with E-state index in [2.05, 4.69) is 10.6 Å². The molecule has 0 saturated heterocycles. The van der Waals surface area contributed by atoms with Gasteiger partial charge in [0.05, 0.1) is 17.9 Å². The number of methoxy groups -OCH3 is 1. The molecule has 6 heteroatoms. The first-order valence-electron chi connectivity index (χ1n) is 6.52. The van der Waals surface area contributed by atoms with E-state index in [-0.39, 0.29) is 11.6 Å². The first-order chi connectivity index (χ1) is 9.60. The van der Waals surface area contributed by atoms with E-state index >= 15 is 0 Å². The second kappa shape index (κ2) is 8.50. The molecule has 112 valence electrons. The van der Waals surface area contributed by atoms with Gasteiger partial charge in [-0.05, 0) is 19.2 Å². The summed E-state index contributed by atoms with van der Waals surface area (Å²) in [5, 5.41) is 5.49. The Hall–Kier alpha value is -1.66. The minimum atomic E-state index is -0.433. The smallest absolute Gasteiger partial charge is 0.253 e. The van der Waals surface area contributed by atoms with Crippen molar-refractivity contribution in [2.24, 2.45) is 0 Å². The molecule has 0 atom stereocenters. The third-order valence-electron chi connectivity index (χ3n) is 2.96. The van der Waals surface area contributed by atoms with Gasteiger partial charge in [0.25, 0.3) is 5.91 Å². The predicted octanol–water partition coefficient (Wildman–Crippen LogP) is 1.18. The van der Waals surface area contributed by atoms with E-state index in [4.69, 9.17) is 4.74 Å². The zero-order valence-corrected chi connectivity index (χ0v) is 12.2. The second-order valence-corrected chi connectivity index (χ2v) is 4.46. The molecule has 0 radical (unpaired) electrons. The van der Waals surface area contributed by atoms with Crippen LogP contribution in [0.3, 0.4) is 0 Å². The predicted molar refractivity (Wildman–Crippen MR) is 77.7 cm³/mol. The van der Waals surface area contributed by atoms with Crippen molar-refractivity contribution < 1.29 is 13.9 Å². The van der Waals surface area contributed by atoms with Crippen molar-refractivity contribution in [3.8, 4) is 0 Å². The van der Waals surface area contributed by atoms with Gasteiger partial charge in [0, 0.05) is 33.8 Å². The molecule has 5 nitrogen and oxygen atoms in total. The van der Waals surface area contributed by atoms with Crippen molar-refractivity contribution in [2.75, 3.05) is 52.8 Å². The number of halogens is 1. The van der Waals surface area contributed by atoms with E-state index < -0.39 is 5.82 Å². The number of nitrogens with zero attached hydrogens (tertiary/aromatic N) is 1. The van der Waals surface area contributed by atoms with Crippen molar-refractivity contribution in [2.45, 2.75) is 0 Å². The Morgan fingerprint density at radius 1 is 1.40 bits per heavy atom. The average molecular weight is 283 g/mol. The molecule has 0 aromatic heterocycles. The molecule has 0 aliphatic heterocycles. The van der Waals surface area contributed by atoms with Crippen LogP contribution < -0.4 is 10.6 Å². The van der Waals surface area contributed by atoms with Crippen LogP contribution in [0.25, 0.3) is 0 Å². The van der Waals surface area contributed by atoms with E-state index in [0.29, 0.717) is 25.3 Å². The van der Waals surface area contributed by atoms with Gasteiger partial charge in [0.1, 0.15) is 5.82 Å². The molecule has 1 rings (SSSR count). The van der Waals surface area contributed by atoms with Crippen LogP contribution >= 0.6 is 0 Å². The Morgan fingerprint density at radius 3 is 2.80 bits per heavy atom. The molecule has 0 aliphatic carbocycles. The Bertz CT molecular complexity index is 440. The summed E-state index contributed by atoms with van der Waals surface area (Å²) in [4.78, 5) is 14.1. The second-order valence-electron chi connectivity index (χ2n) is 4.46. The summed E-state index contributed by atoms with van der Waals surface area (Å²) < 4.78 is 18.5. The molecule has 1 aromatic carbocycles. The van der Waals surface area contributed by atoms with Gasteiger partial charge in [0.2, 0.25) is 0 Å². The standard InChI is InChI=1S/C14H22FN3O2/c1-16-13-11(5-4-6-12(13)15)14(19)17-7-8-18(2)9-10-20-3/h4-6,16H,7-10H2,1-3H3,(H,17,19). The highest BCUT2D eigenvalue weighted by Gasteiger charge is 2.13. The molecule has 2 N–H and O–H groups in total. The Kier molecular flexibility index (Phi) is 6.97. The Labute approximate surface area is 119 Å². The first-order valence-corrected chi connectivity index (χ1v) is 6.52. The maximum Gasteiger partial charge on any atom is 0.253 e. The number of rotatable bonds is 8. The molecule has 0 unspecified atom stereocenters. The highest BCUT2D eigenvalue weighted by Crippen LogP contribution is 2.18. The van der Waals surface area contributed by atoms with E-state index in [1.165, 1.54) is 12.1 Å². The van der Waals surface area contributed by atoms with Gasteiger partial charge < -0.3 is 20.3 Å². The van der Waals surface area contributed by atoms with E-state index in [1.54, 1.807) is 20.2 Å². The van der Waals surface area contributed by atoms with Crippen molar-refractivity contribution in [3.63, 3.8) is 0 Å². The van der Waals surface area contributed by atoms with Gasteiger partial charge in [-0.15, -0.1) is 0 Å². The summed E-state index contributed by atoms with van der Waals surface area (Å²) in [6.45, 7) is 2.66. The van der Waals surface area contributed by atoms with Gasteiger partial charge >= 0.3 is 0 Å². The maximum absolute atomic E-state index is 13.5. The molecule has 1 aromatic rings. The van der Waals surface area contributed by atoms with E-state index in [1.807, 2.05) is 11.9 Å². The van der Waals surface area contributed by atoms with Crippen molar-refractivity contribution in [3.05, 3.63) is 29.6 Å². The quantitative estimate of drug-likeness (QED) is 0.752. The molecule has 0 heterocycles. The van der Waals surface area contributed by atoms with Crippen LogP contribution in [0.1, 0.15) is 10.4 Å². The number of ether oxygens (including phenoxy) is 1. The molecule has 20 heavy (non-hydrogen) atoms. The van der Waals surface area contributed by atoms with Crippen molar-refractivity contribution >= 4 is 11.6 Å². The third kappa shape index (κ3) is 4.79. The molecular formula is C14H22FN3O2. The lowest BCUT2D eigenvalue weighted by molar-refractivity contribution is 0.0948. The molecule has 0 aliphatic rings. The number of carbonyl (C=O) groups excluding carboxylic acids is 1.